The van der Waals surface area contributed by atoms with Gasteiger partial charge in [0.05, 0.1) is 13.0 Å². The van der Waals surface area contributed by atoms with Gasteiger partial charge in [0.25, 0.3) is 5.91 Å². The molecule has 1 aromatic rings. The third-order valence-electron chi connectivity index (χ3n) is 3.08. The molecule has 6 nitrogen and oxygen atoms in total. The van der Waals surface area contributed by atoms with Gasteiger partial charge in [-0.15, -0.1) is 0 Å². The average Bonchev–Trinajstić information content (AvgIpc) is 2.49. The van der Waals surface area contributed by atoms with Crippen LogP contribution in [0.15, 0.2) is 24.3 Å². The van der Waals surface area contributed by atoms with Gasteiger partial charge in [-0.3, -0.25) is 9.59 Å². The van der Waals surface area contributed by atoms with Crippen LogP contribution < -0.4 is 14.8 Å². The highest BCUT2D eigenvalue weighted by molar-refractivity contribution is 5.78. The predicted octanol–water partition coefficient (Wildman–Crippen LogP) is 1.94. The zero-order chi connectivity index (χ0) is 16.5. The molecule has 0 saturated carbocycles. The minimum Gasteiger partial charge on any atom is -0.497 e. The highest BCUT2D eigenvalue weighted by atomic mass is 16.5. The maximum absolute atomic E-state index is 11.7. The molecular weight excluding hydrogens is 286 g/mol. The Morgan fingerprint density at radius 1 is 1.18 bits per heavy atom. The number of benzene rings is 1. The number of carbonyl (C=O) groups is 2. The Bertz CT molecular complexity index is 484. The van der Waals surface area contributed by atoms with Crippen LogP contribution in [0, 0.1) is 11.8 Å². The molecule has 1 aromatic carbocycles. The number of carboxylic acid groups (broad SMARTS) is 1. The fourth-order valence-corrected chi connectivity index (χ4v) is 1.95. The van der Waals surface area contributed by atoms with Crippen LogP contribution in [-0.4, -0.2) is 37.2 Å². The number of methoxy groups -OCH3 is 1. The van der Waals surface area contributed by atoms with Crippen LogP contribution >= 0.6 is 0 Å². The Labute approximate surface area is 130 Å². The summed E-state index contributed by atoms with van der Waals surface area (Å²) < 4.78 is 10.3. The number of carbonyl (C=O) groups excluding carboxylic acids is 1. The maximum Gasteiger partial charge on any atom is 0.308 e. The van der Waals surface area contributed by atoms with Crippen molar-refractivity contribution >= 4 is 11.9 Å². The van der Waals surface area contributed by atoms with Crippen molar-refractivity contribution in [3.05, 3.63) is 24.3 Å². The topological polar surface area (TPSA) is 84.9 Å². The summed E-state index contributed by atoms with van der Waals surface area (Å²) in [5.41, 5.74) is 0. The number of rotatable bonds is 9. The Morgan fingerprint density at radius 3 is 2.27 bits per heavy atom. The van der Waals surface area contributed by atoms with Crippen molar-refractivity contribution < 1.29 is 24.2 Å². The normalized spacial score (nSPS) is 11.8. The van der Waals surface area contributed by atoms with Crippen molar-refractivity contribution in [2.45, 2.75) is 20.3 Å². The van der Waals surface area contributed by atoms with Gasteiger partial charge in [-0.05, 0) is 36.6 Å². The molecule has 1 rings (SSSR count). The summed E-state index contributed by atoms with van der Waals surface area (Å²) in [5, 5.41) is 11.7. The number of aliphatic carboxylic acids is 1. The molecule has 0 aliphatic heterocycles. The van der Waals surface area contributed by atoms with E-state index in [2.05, 4.69) is 5.32 Å². The standard InChI is InChI=1S/C16H23NO5/c1-11(2)8-12(16(19)20)9-17-15(18)10-22-14-6-4-13(21-3)5-7-14/h4-7,11-12H,8-10H2,1-3H3,(H,17,18)(H,19,20). The van der Waals surface area contributed by atoms with Crippen molar-refractivity contribution in [2.24, 2.45) is 11.8 Å². The van der Waals surface area contributed by atoms with Crippen LogP contribution in [0.5, 0.6) is 11.5 Å². The fraction of sp³-hybridized carbons (Fsp3) is 0.500. The zero-order valence-electron chi connectivity index (χ0n) is 13.2. The highest BCUT2D eigenvalue weighted by Gasteiger charge is 2.19. The third-order valence-corrected chi connectivity index (χ3v) is 3.08. The SMILES string of the molecule is COc1ccc(OCC(=O)NCC(CC(C)C)C(=O)O)cc1. The number of hydrogen-bond acceptors (Lipinski definition) is 4. The molecule has 0 aliphatic rings. The molecule has 122 valence electrons. The molecule has 0 bridgehead atoms. The minimum absolute atomic E-state index is 0.109. The molecule has 0 heterocycles. The average molecular weight is 309 g/mol. The lowest BCUT2D eigenvalue weighted by molar-refractivity contribution is -0.142. The number of carboxylic acids is 1. The fourth-order valence-electron chi connectivity index (χ4n) is 1.95. The monoisotopic (exact) mass is 309 g/mol. The Balaban J connectivity index is 2.37. The number of hydrogen-bond donors (Lipinski definition) is 2. The highest BCUT2D eigenvalue weighted by Crippen LogP contribution is 2.16. The molecule has 1 amide bonds. The first-order valence-electron chi connectivity index (χ1n) is 7.18. The maximum atomic E-state index is 11.7. The first-order chi connectivity index (χ1) is 10.4. The van der Waals surface area contributed by atoms with E-state index in [-0.39, 0.29) is 25.0 Å². The molecule has 2 N–H and O–H groups in total. The predicted molar refractivity (Wildman–Crippen MR) is 82.1 cm³/mol. The molecule has 22 heavy (non-hydrogen) atoms. The van der Waals surface area contributed by atoms with Gasteiger partial charge in [0, 0.05) is 6.54 Å². The van der Waals surface area contributed by atoms with E-state index in [9.17, 15) is 9.59 Å². The largest absolute Gasteiger partial charge is 0.497 e. The lowest BCUT2D eigenvalue weighted by Crippen LogP contribution is -2.36. The molecule has 0 radical (unpaired) electrons. The van der Waals surface area contributed by atoms with Gasteiger partial charge in [0.2, 0.25) is 0 Å². The second kappa shape index (κ2) is 8.92. The summed E-state index contributed by atoms with van der Waals surface area (Å²) in [4.78, 5) is 22.8. The van der Waals surface area contributed by atoms with Gasteiger partial charge in [-0.25, -0.2) is 0 Å². The van der Waals surface area contributed by atoms with Crippen LogP contribution in [0.4, 0.5) is 0 Å². The van der Waals surface area contributed by atoms with Crippen LogP contribution in [0.1, 0.15) is 20.3 Å². The van der Waals surface area contributed by atoms with Crippen LogP contribution in [0.25, 0.3) is 0 Å². The van der Waals surface area contributed by atoms with E-state index < -0.39 is 11.9 Å². The molecule has 6 heteroatoms. The summed E-state index contributed by atoms with van der Waals surface area (Å²) >= 11 is 0. The van der Waals surface area contributed by atoms with Crippen molar-refractivity contribution in [3.8, 4) is 11.5 Å². The third kappa shape index (κ3) is 6.47. The smallest absolute Gasteiger partial charge is 0.308 e. The lowest BCUT2D eigenvalue weighted by atomic mass is 9.97. The van der Waals surface area contributed by atoms with Crippen LogP contribution in [0.3, 0.4) is 0 Å². The van der Waals surface area contributed by atoms with E-state index in [0.717, 1.165) is 0 Å². The van der Waals surface area contributed by atoms with Crippen molar-refractivity contribution in [1.29, 1.82) is 0 Å². The molecule has 0 spiro atoms. The van der Waals surface area contributed by atoms with Gasteiger partial charge in [0.15, 0.2) is 6.61 Å². The summed E-state index contributed by atoms with van der Waals surface area (Å²) in [6, 6.07) is 6.86. The van der Waals surface area contributed by atoms with Crippen molar-refractivity contribution in [1.82, 2.24) is 5.32 Å². The Hall–Kier alpha value is -2.24. The molecule has 0 aliphatic carbocycles. The van der Waals surface area contributed by atoms with Gasteiger partial charge in [0.1, 0.15) is 11.5 Å². The molecule has 0 fully saturated rings. The minimum atomic E-state index is -0.898. The molecule has 0 saturated heterocycles. The number of nitrogens with one attached hydrogen (secondary N) is 1. The van der Waals surface area contributed by atoms with Crippen LogP contribution in [-0.2, 0) is 9.59 Å². The molecule has 0 aromatic heterocycles. The molecular formula is C16H23NO5. The second-order valence-electron chi connectivity index (χ2n) is 5.43. The van der Waals surface area contributed by atoms with Gasteiger partial charge < -0.3 is 19.9 Å². The summed E-state index contributed by atoms with van der Waals surface area (Å²) in [6.45, 7) is 3.85. The van der Waals surface area contributed by atoms with Crippen LogP contribution in [0.2, 0.25) is 0 Å². The van der Waals surface area contributed by atoms with Gasteiger partial charge in [-0.1, -0.05) is 13.8 Å². The lowest BCUT2D eigenvalue weighted by Gasteiger charge is -2.15. The van der Waals surface area contributed by atoms with Gasteiger partial charge >= 0.3 is 5.97 Å². The second-order valence-corrected chi connectivity index (χ2v) is 5.43. The van der Waals surface area contributed by atoms with E-state index in [0.29, 0.717) is 17.9 Å². The first-order valence-corrected chi connectivity index (χ1v) is 7.18. The Kier molecular flexibility index (Phi) is 7.22. The van der Waals surface area contributed by atoms with E-state index in [1.165, 1.54) is 0 Å². The van der Waals surface area contributed by atoms with E-state index in [1.54, 1.807) is 31.4 Å². The first kappa shape index (κ1) is 17.8. The summed E-state index contributed by atoms with van der Waals surface area (Å²) in [7, 11) is 1.57. The van der Waals surface area contributed by atoms with E-state index in [1.807, 2.05) is 13.8 Å². The molecule has 1 unspecified atom stereocenters. The zero-order valence-corrected chi connectivity index (χ0v) is 13.2. The van der Waals surface area contributed by atoms with Crippen molar-refractivity contribution in [2.75, 3.05) is 20.3 Å². The quantitative estimate of drug-likeness (QED) is 0.728. The summed E-state index contributed by atoms with van der Waals surface area (Å²) in [6.07, 6.45) is 0.523. The van der Waals surface area contributed by atoms with E-state index >= 15 is 0 Å². The molecule has 1 atom stereocenters. The van der Waals surface area contributed by atoms with Crippen molar-refractivity contribution in [3.63, 3.8) is 0 Å². The number of amides is 1. The number of ether oxygens (including phenoxy) is 2. The van der Waals surface area contributed by atoms with Gasteiger partial charge in [-0.2, -0.15) is 0 Å². The Morgan fingerprint density at radius 2 is 1.77 bits per heavy atom. The summed E-state index contributed by atoms with van der Waals surface area (Å²) in [5.74, 6) is -0.308. The van der Waals surface area contributed by atoms with E-state index in [4.69, 9.17) is 14.6 Å².